The van der Waals surface area contributed by atoms with Crippen LogP contribution in [0.5, 0.6) is 0 Å². The summed E-state index contributed by atoms with van der Waals surface area (Å²) in [5, 5.41) is 7.69. The van der Waals surface area contributed by atoms with Crippen LogP contribution in [0.3, 0.4) is 0 Å². The Morgan fingerprint density at radius 2 is 2.11 bits per heavy atom. The van der Waals surface area contributed by atoms with E-state index in [4.69, 9.17) is 4.74 Å². The highest BCUT2D eigenvalue weighted by Gasteiger charge is 2.27. The molecule has 0 unspecified atom stereocenters. The van der Waals surface area contributed by atoms with Crippen molar-refractivity contribution in [3.8, 4) is 0 Å². The van der Waals surface area contributed by atoms with Crippen LogP contribution < -0.4 is 5.32 Å². The minimum absolute atomic E-state index is 0.173. The Morgan fingerprint density at radius 1 is 1.39 bits per heavy atom. The topological polar surface area (TPSA) is 42.3 Å². The van der Waals surface area contributed by atoms with Gasteiger partial charge in [-0.15, -0.1) is 0 Å². The molecule has 0 spiro atoms. The second-order valence-corrected chi connectivity index (χ2v) is 5.54. The van der Waals surface area contributed by atoms with Crippen LogP contribution in [0.4, 0.5) is 0 Å². The zero-order chi connectivity index (χ0) is 13.0. The first-order valence-corrected chi connectivity index (χ1v) is 6.59. The summed E-state index contributed by atoms with van der Waals surface area (Å²) in [6.45, 7) is 10.2. The second-order valence-electron chi connectivity index (χ2n) is 5.54. The van der Waals surface area contributed by atoms with Gasteiger partial charge in [0, 0.05) is 50.5 Å². The average molecular weight is 252 g/mol. The summed E-state index contributed by atoms with van der Waals surface area (Å²) in [4.78, 5) is 2.49. The summed E-state index contributed by atoms with van der Waals surface area (Å²) >= 11 is 0. The average Bonchev–Trinajstić information content (AvgIpc) is 2.76. The van der Waals surface area contributed by atoms with Gasteiger partial charge in [0.1, 0.15) is 0 Å². The first kappa shape index (κ1) is 13.5. The smallest absolute Gasteiger partial charge is 0.0594 e. The molecule has 2 rings (SSSR count). The summed E-state index contributed by atoms with van der Waals surface area (Å²) < 4.78 is 7.24. The van der Waals surface area contributed by atoms with Crippen LogP contribution in [-0.2, 0) is 18.3 Å². The molecule has 1 N–H and O–H groups in total. The highest BCUT2D eigenvalue weighted by atomic mass is 16.5. The van der Waals surface area contributed by atoms with Crippen molar-refractivity contribution in [2.45, 2.75) is 25.9 Å². The third kappa shape index (κ3) is 3.54. The number of rotatable bonds is 5. The molecule has 1 saturated heterocycles. The van der Waals surface area contributed by atoms with Crippen LogP contribution in [-0.4, -0.2) is 53.1 Å². The fourth-order valence-electron chi connectivity index (χ4n) is 2.36. The molecule has 0 amide bonds. The Kier molecular flexibility index (Phi) is 4.37. The fourth-order valence-corrected chi connectivity index (χ4v) is 2.36. The molecule has 5 heteroatoms. The maximum absolute atomic E-state index is 5.40. The van der Waals surface area contributed by atoms with E-state index in [1.165, 1.54) is 5.56 Å². The normalized spacial score (nSPS) is 18.2. The lowest BCUT2D eigenvalue weighted by Crippen LogP contribution is -2.54. The summed E-state index contributed by atoms with van der Waals surface area (Å²) in [5.41, 5.74) is 1.40. The van der Waals surface area contributed by atoms with Crippen LogP contribution in [0.2, 0.25) is 0 Å². The molecule has 1 fully saturated rings. The Balaban J connectivity index is 1.77. The van der Waals surface area contributed by atoms with Crippen LogP contribution >= 0.6 is 0 Å². The van der Waals surface area contributed by atoms with Gasteiger partial charge in [0.15, 0.2) is 0 Å². The van der Waals surface area contributed by atoms with Crippen LogP contribution in [0.15, 0.2) is 12.4 Å². The summed E-state index contributed by atoms with van der Waals surface area (Å²) in [7, 11) is 1.95. The highest BCUT2D eigenvalue weighted by molar-refractivity contribution is 5.03. The Hall–Kier alpha value is -0.910. The van der Waals surface area contributed by atoms with Gasteiger partial charge >= 0.3 is 0 Å². The van der Waals surface area contributed by atoms with E-state index in [0.29, 0.717) is 0 Å². The largest absolute Gasteiger partial charge is 0.379 e. The van der Waals surface area contributed by atoms with Crippen LogP contribution in [0.1, 0.15) is 19.4 Å². The molecular formula is C13H24N4O. The molecule has 1 aromatic rings. The van der Waals surface area contributed by atoms with Gasteiger partial charge in [0.2, 0.25) is 0 Å². The molecule has 0 radical (unpaired) electrons. The monoisotopic (exact) mass is 252 g/mol. The van der Waals surface area contributed by atoms with Gasteiger partial charge in [-0.1, -0.05) is 0 Å². The lowest BCUT2D eigenvalue weighted by molar-refractivity contribution is -0.00966. The van der Waals surface area contributed by atoms with Crippen molar-refractivity contribution in [1.82, 2.24) is 20.0 Å². The molecule has 1 aromatic heterocycles. The van der Waals surface area contributed by atoms with E-state index < -0.39 is 0 Å². The van der Waals surface area contributed by atoms with E-state index in [-0.39, 0.29) is 5.54 Å². The molecule has 0 saturated carbocycles. The van der Waals surface area contributed by atoms with Crippen molar-refractivity contribution < 1.29 is 4.74 Å². The molecule has 0 bridgehead atoms. The fraction of sp³-hybridized carbons (Fsp3) is 0.769. The SMILES string of the molecule is Cn1cc(CNCC(C)(C)N2CCOCC2)cn1. The Bertz CT molecular complexity index is 369. The molecule has 18 heavy (non-hydrogen) atoms. The molecule has 0 atom stereocenters. The number of morpholine rings is 1. The van der Waals surface area contributed by atoms with Crippen molar-refractivity contribution >= 4 is 0 Å². The number of nitrogens with one attached hydrogen (secondary N) is 1. The van der Waals surface area contributed by atoms with E-state index in [9.17, 15) is 0 Å². The number of aromatic nitrogens is 2. The van der Waals surface area contributed by atoms with Crippen molar-refractivity contribution in [2.75, 3.05) is 32.8 Å². The second kappa shape index (κ2) is 5.82. The Morgan fingerprint density at radius 3 is 2.72 bits per heavy atom. The minimum atomic E-state index is 0.173. The number of hydrogen-bond acceptors (Lipinski definition) is 4. The highest BCUT2D eigenvalue weighted by Crippen LogP contribution is 2.15. The van der Waals surface area contributed by atoms with E-state index in [1.807, 2.05) is 17.9 Å². The van der Waals surface area contributed by atoms with Gasteiger partial charge < -0.3 is 10.1 Å². The lowest BCUT2D eigenvalue weighted by Gasteiger charge is -2.41. The maximum Gasteiger partial charge on any atom is 0.0594 e. The molecule has 1 aliphatic heterocycles. The molecule has 1 aliphatic rings. The molecule has 0 aliphatic carbocycles. The number of ether oxygens (including phenoxy) is 1. The molecule has 102 valence electrons. The zero-order valence-corrected chi connectivity index (χ0v) is 11.6. The van der Waals surface area contributed by atoms with E-state index in [0.717, 1.165) is 39.4 Å². The van der Waals surface area contributed by atoms with Crippen molar-refractivity contribution in [3.05, 3.63) is 18.0 Å². The first-order chi connectivity index (χ1) is 8.58. The number of hydrogen-bond donors (Lipinski definition) is 1. The van der Waals surface area contributed by atoms with Gasteiger partial charge in [-0.25, -0.2) is 0 Å². The lowest BCUT2D eigenvalue weighted by atomic mass is 10.0. The third-order valence-corrected chi connectivity index (χ3v) is 3.51. The van der Waals surface area contributed by atoms with E-state index in [1.54, 1.807) is 0 Å². The van der Waals surface area contributed by atoms with Crippen molar-refractivity contribution in [2.24, 2.45) is 7.05 Å². The molecule has 5 nitrogen and oxygen atoms in total. The summed E-state index contributed by atoms with van der Waals surface area (Å²) in [5.74, 6) is 0. The van der Waals surface area contributed by atoms with Crippen LogP contribution in [0.25, 0.3) is 0 Å². The van der Waals surface area contributed by atoms with Gasteiger partial charge in [0.25, 0.3) is 0 Å². The zero-order valence-electron chi connectivity index (χ0n) is 11.6. The molecule has 2 heterocycles. The standard InChI is InChI=1S/C13H24N4O/c1-13(2,17-4-6-18-7-5-17)11-14-8-12-9-15-16(3)10-12/h9-10,14H,4-8,11H2,1-3H3. The predicted molar refractivity (Wildman–Crippen MR) is 71.4 cm³/mol. The van der Waals surface area contributed by atoms with Gasteiger partial charge in [-0.3, -0.25) is 9.58 Å². The Labute approximate surface area is 109 Å². The number of aryl methyl sites for hydroxylation is 1. The van der Waals surface area contributed by atoms with Crippen molar-refractivity contribution in [3.63, 3.8) is 0 Å². The predicted octanol–water partition coefficient (Wildman–Crippen LogP) is 0.621. The summed E-state index contributed by atoms with van der Waals surface area (Å²) in [6, 6.07) is 0. The van der Waals surface area contributed by atoms with E-state index >= 15 is 0 Å². The van der Waals surface area contributed by atoms with Crippen LogP contribution in [0, 0.1) is 0 Å². The van der Waals surface area contributed by atoms with E-state index in [2.05, 4.69) is 35.4 Å². The van der Waals surface area contributed by atoms with Gasteiger partial charge in [-0.2, -0.15) is 5.10 Å². The quantitative estimate of drug-likeness (QED) is 0.834. The summed E-state index contributed by atoms with van der Waals surface area (Å²) in [6.07, 6.45) is 3.96. The van der Waals surface area contributed by atoms with Gasteiger partial charge in [0.05, 0.1) is 19.4 Å². The van der Waals surface area contributed by atoms with Crippen molar-refractivity contribution in [1.29, 1.82) is 0 Å². The molecule has 0 aromatic carbocycles. The molecular weight excluding hydrogens is 228 g/mol. The maximum atomic E-state index is 5.40. The third-order valence-electron chi connectivity index (χ3n) is 3.51. The van der Waals surface area contributed by atoms with Gasteiger partial charge in [-0.05, 0) is 13.8 Å². The number of nitrogens with zero attached hydrogens (tertiary/aromatic N) is 3. The first-order valence-electron chi connectivity index (χ1n) is 6.59. The minimum Gasteiger partial charge on any atom is -0.379 e.